The normalized spacial score (nSPS) is 19.4. The second-order valence-corrected chi connectivity index (χ2v) is 4.72. The molecular weight excluding hydrogens is 226 g/mol. The maximum absolute atomic E-state index is 5.71. The van der Waals surface area contributed by atoms with E-state index in [0.29, 0.717) is 6.10 Å². The fraction of sp³-hybridized carbons (Fsp3) is 0.643. The molecule has 4 nitrogen and oxygen atoms in total. The minimum absolute atomic E-state index is 0.416. The SMILES string of the molecule is CCN(Cc1cccnc1NC)CC1CCCO1. The van der Waals surface area contributed by atoms with Crippen molar-refractivity contribution in [1.82, 2.24) is 9.88 Å². The van der Waals surface area contributed by atoms with Crippen LogP contribution in [-0.2, 0) is 11.3 Å². The highest BCUT2D eigenvalue weighted by atomic mass is 16.5. The first-order valence-electron chi connectivity index (χ1n) is 6.79. The van der Waals surface area contributed by atoms with Crippen LogP contribution >= 0.6 is 0 Å². The number of pyridine rings is 1. The quantitative estimate of drug-likeness (QED) is 0.838. The summed E-state index contributed by atoms with van der Waals surface area (Å²) < 4.78 is 5.71. The molecule has 0 aliphatic carbocycles. The van der Waals surface area contributed by atoms with Crippen LogP contribution in [0.1, 0.15) is 25.3 Å². The molecule has 1 aromatic rings. The Bertz CT molecular complexity index is 364. The summed E-state index contributed by atoms with van der Waals surface area (Å²) in [5.74, 6) is 0.975. The van der Waals surface area contributed by atoms with E-state index in [1.165, 1.54) is 18.4 Å². The molecule has 4 heteroatoms. The van der Waals surface area contributed by atoms with Crippen molar-refractivity contribution in [2.45, 2.75) is 32.4 Å². The fourth-order valence-electron chi connectivity index (χ4n) is 2.41. The van der Waals surface area contributed by atoms with E-state index in [0.717, 1.165) is 32.1 Å². The Balaban J connectivity index is 1.96. The summed E-state index contributed by atoms with van der Waals surface area (Å²) in [7, 11) is 1.92. The smallest absolute Gasteiger partial charge is 0.130 e. The lowest BCUT2D eigenvalue weighted by molar-refractivity contribution is 0.0725. The third-order valence-corrected chi connectivity index (χ3v) is 3.46. The molecule has 100 valence electrons. The van der Waals surface area contributed by atoms with Crippen molar-refractivity contribution in [3.63, 3.8) is 0 Å². The van der Waals surface area contributed by atoms with Gasteiger partial charge in [0.2, 0.25) is 0 Å². The zero-order valence-corrected chi connectivity index (χ0v) is 11.4. The minimum atomic E-state index is 0.416. The number of rotatable bonds is 6. The number of nitrogens with zero attached hydrogens (tertiary/aromatic N) is 2. The van der Waals surface area contributed by atoms with Crippen molar-refractivity contribution in [3.8, 4) is 0 Å². The molecule has 18 heavy (non-hydrogen) atoms. The van der Waals surface area contributed by atoms with E-state index in [4.69, 9.17) is 4.74 Å². The summed E-state index contributed by atoms with van der Waals surface area (Å²) in [5, 5.41) is 3.15. The van der Waals surface area contributed by atoms with Crippen LogP contribution in [0.2, 0.25) is 0 Å². The Morgan fingerprint density at radius 3 is 3.11 bits per heavy atom. The standard InChI is InChI=1S/C14H23N3O/c1-3-17(11-13-7-5-9-18-13)10-12-6-4-8-16-14(12)15-2/h4,6,8,13H,3,5,7,9-11H2,1-2H3,(H,15,16). The molecule has 1 aromatic heterocycles. The molecule has 1 N–H and O–H groups in total. The number of ether oxygens (including phenoxy) is 1. The molecule has 0 bridgehead atoms. The Morgan fingerprint density at radius 2 is 2.44 bits per heavy atom. The number of hydrogen-bond donors (Lipinski definition) is 1. The third-order valence-electron chi connectivity index (χ3n) is 3.46. The van der Waals surface area contributed by atoms with Gasteiger partial charge in [0, 0.05) is 38.5 Å². The van der Waals surface area contributed by atoms with Crippen molar-refractivity contribution in [2.75, 3.05) is 32.1 Å². The molecule has 0 amide bonds. The van der Waals surface area contributed by atoms with Crippen LogP contribution in [0, 0.1) is 0 Å². The molecule has 1 unspecified atom stereocenters. The van der Waals surface area contributed by atoms with Gasteiger partial charge in [-0.3, -0.25) is 4.90 Å². The maximum atomic E-state index is 5.71. The number of anilines is 1. The number of likely N-dealkylation sites (N-methyl/N-ethyl adjacent to an activating group) is 1. The largest absolute Gasteiger partial charge is 0.377 e. The van der Waals surface area contributed by atoms with Crippen molar-refractivity contribution in [3.05, 3.63) is 23.9 Å². The van der Waals surface area contributed by atoms with Crippen LogP contribution in [0.15, 0.2) is 18.3 Å². The summed E-state index contributed by atoms with van der Waals surface area (Å²) in [6.45, 7) is 6.12. The lowest BCUT2D eigenvalue weighted by Crippen LogP contribution is -2.31. The van der Waals surface area contributed by atoms with E-state index in [9.17, 15) is 0 Å². The van der Waals surface area contributed by atoms with Crippen LogP contribution in [-0.4, -0.2) is 42.7 Å². The Labute approximate surface area is 109 Å². The first-order valence-corrected chi connectivity index (χ1v) is 6.79. The van der Waals surface area contributed by atoms with Crippen molar-refractivity contribution < 1.29 is 4.74 Å². The average Bonchev–Trinajstić information content (AvgIpc) is 2.91. The second-order valence-electron chi connectivity index (χ2n) is 4.72. The maximum Gasteiger partial charge on any atom is 0.130 e. The van der Waals surface area contributed by atoms with Crippen LogP contribution in [0.5, 0.6) is 0 Å². The van der Waals surface area contributed by atoms with Gasteiger partial charge in [-0.05, 0) is 25.5 Å². The predicted octanol–water partition coefficient (Wildman–Crippen LogP) is 2.12. The van der Waals surface area contributed by atoms with Crippen LogP contribution in [0.25, 0.3) is 0 Å². The van der Waals surface area contributed by atoms with Gasteiger partial charge in [0.25, 0.3) is 0 Å². The molecule has 0 aromatic carbocycles. The molecule has 1 fully saturated rings. The third kappa shape index (κ3) is 3.43. The van der Waals surface area contributed by atoms with Gasteiger partial charge < -0.3 is 10.1 Å². The van der Waals surface area contributed by atoms with E-state index in [2.05, 4.69) is 28.2 Å². The highest BCUT2D eigenvalue weighted by Gasteiger charge is 2.19. The Kier molecular flexibility index (Phi) is 4.96. The van der Waals surface area contributed by atoms with E-state index in [1.807, 2.05) is 19.3 Å². The summed E-state index contributed by atoms with van der Waals surface area (Å²) >= 11 is 0. The van der Waals surface area contributed by atoms with Crippen molar-refractivity contribution in [1.29, 1.82) is 0 Å². The lowest BCUT2D eigenvalue weighted by atomic mass is 10.2. The zero-order chi connectivity index (χ0) is 12.8. The van der Waals surface area contributed by atoms with Gasteiger partial charge in [-0.25, -0.2) is 4.98 Å². The zero-order valence-electron chi connectivity index (χ0n) is 11.4. The van der Waals surface area contributed by atoms with Crippen molar-refractivity contribution >= 4 is 5.82 Å². The molecule has 2 rings (SSSR count). The van der Waals surface area contributed by atoms with E-state index < -0.39 is 0 Å². The Morgan fingerprint density at radius 1 is 1.56 bits per heavy atom. The van der Waals surface area contributed by atoms with E-state index >= 15 is 0 Å². The minimum Gasteiger partial charge on any atom is -0.377 e. The number of hydrogen-bond acceptors (Lipinski definition) is 4. The Hall–Kier alpha value is -1.13. The predicted molar refractivity (Wildman–Crippen MR) is 73.7 cm³/mol. The van der Waals surface area contributed by atoms with Crippen LogP contribution < -0.4 is 5.32 Å². The molecular formula is C14H23N3O. The number of nitrogens with one attached hydrogen (secondary N) is 1. The molecule has 1 atom stereocenters. The van der Waals surface area contributed by atoms with Crippen LogP contribution in [0.4, 0.5) is 5.82 Å². The monoisotopic (exact) mass is 249 g/mol. The highest BCUT2D eigenvalue weighted by Crippen LogP contribution is 2.17. The van der Waals surface area contributed by atoms with Gasteiger partial charge in [-0.1, -0.05) is 13.0 Å². The second kappa shape index (κ2) is 6.71. The average molecular weight is 249 g/mol. The summed E-state index contributed by atoms with van der Waals surface area (Å²) in [5.41, 5.74) is 1.25. The molecule has 1 aliphatic rings. The first-order chi connectivity index (χ1) is 8.83. The van der Waals surface area contributed by atoms with Gasteiger partial charge in [-0.15, -0.1) is 0 Å². The van der Waals surface area contributed by atoms with Crippen LogP contribution in [0.3, 0.4) is 0 Å². The topological polar surface area (TPSA) is 37.4 Å². The summed E-state index contributed by atoms with van der Waals surface area (Å²) in [6, 6.07) is 4.13. The molecule has 2 heterocycles. The van der Waals surface area contributed by atoms with E-state index in [1.54, 1.807) is 0 Å². The summed E-state index contributed by atoms with van der Waals surface area (Å²) in [6.07, 6.45) is 4.64. The van der Waals surface area contributed by atoms with Gasteiger partial charge in [0.1, 0.15) is 5.82 Å². The number of aromatic nitrogens is 1. The van der Waals surface area contributed by atoms with Gasteiger partial charge >= 0.3 is 0 Å². The lowest BCUT2D eigenvalue weighted by Gasteiger charge is -2.24. The highest BCUT2D eigenvalue weighted by molar-refractivity contribution is 5.42. The molecule has 1 aliphatic heterocycles. The van der Waals surface area contributed by atoms with Gasteiger partial charge in [-0.2, -0.15) is 0 Å². The van der Waals surface area contributed by atoms with E-state index in [-0.39, 0.29) is 0 Å². The van der Waals surface area contributed by atoms with Gasteiger partial charge in [0.05, 0.1) is 6.10 Å². The fourth-order valence-corrected chi connectivity index (χ4v) is 2.41. The summed E-state index contributed by atoms with van der Waals surface area (Å²) in [4.78, 5) is 6.77. The molecule has 0 saturated carbocycles. The molecule has 1 saturated heterocycles. The van der Waals surface area contributed by atoms with Crippen molar-refractivity contribution in [2.24, 2.45) is 0 Å². The molecule has 0 spiro atoms. The van der Waals surface area contributed by atoms with Gasteiger partial charge in [0.15, 0.2) is 0 Å². The first kappa shape index (κ1) is 13.3. The molecule has 0 radical (unpaired) electrons.